The van der Waals surface area contributed by atoms with Gasteiger partial charge in [0, 0.05) is 19.9 Å². The molecule has 0 amide bonds. The lowest BCUT2D eigenvalue weighted by atomic mass is 10.3. The Kier molecular flexibility index (Phi) is 3.09. The number of hydrogen-bond acceptors (Lipinski definition) is 6. The maximum atomic E-state index is 4.87. The third kappa shape index (κ3) is 2.75. The first kappa shape index (κ1) is 10.5. The second kappa shape index (κ2) is 4.69. The third-order valence-electron chi connectivity index (χ3n) is 2.02. The minimum Gasteiger partial charge on any atom is -0.368 e. The molecule has 0 spiro atoms. The van der Waals surface area contributed by atoms with Crippen molar-refractivity contribution in [3.8, 4) is 0 Å². The number of nitrogens with one attached hydrogen (secondary N) is 1. The molecule has 0 fully saturated rings. The molecule has 0 bridgehead atoms. The monoisotopic (exact) mass is 219 g/mol. The van der Waals surface area contributed by atoms with Gasteiger partial charge in [0.05, 0.1) is 6.20 Å². The summed E-state index contributed by atoms with van der Waals surface area (Å²) < 4.78 is 4.87. The molecule has 6 heteroatoms. The van der Waals surface area contributed by atoms with Gasteiger partial charge in [0.15, 0.2) is 5.82 Å². The van der Waals surface area contributed by atoms with Crippen LogP contribution in [-0.2, 0) is 6.42 Å². The molecule has 0 radical (unpaired) electrons. The van der Waals surface area contributed by atoms with E-state index in [1.165, 1.54) is 0 Å². The van der Waals surface area contributed by atoms with Crippen molar-refractivity contribution in [3.63, 3.8) is 0 Å². The molecule has 2 heterocycles. The van der Waals surface area contributed by atoms with E-state index >= 15 is 0 Å². The van der Waals surface area contributed by atoms with E-state index in [1.54, 1.807) is 13.1 Å². The summed E-state index contributed by atoms with van der Waals surface area (Å²) in [7, 11) is 0. The fraction of sp³-hybridized carbons (Fsp3) is 0.400. The van der Waals surface area contributed by atoms with Crippen LogP contribution >= 0.6 is 0 Å². The molecule has 0 atom stereocenters. The number of aryl methyl sites for hydroxylation is 2. The summed E-state index contributed by atoms with van der Waals surface area (Å²) >= 11 is 0. The molecule has 2 rings (SSSR count). The van der Waals surface area contributed by atoms with Gasteiger partial charge in [0.1, 0.15) is 5.82 Å². The van der Waals surface area contributed by atoms with Crippen LogP contribution in [0.25, 0.3) is 0 Å². The molecule has 0 aliphatic heterocycles. The zero-order valence-electron chi connectivity index (χ0n) is 9.27. The van der Waals surface area contributed by atoms with E-state index in [1.807, 2.05) is 13.0 Å². The number of aromatic nitrogens is 4. The first-order valence-corrected chi connectivity index (χ1v) is 5.06. The van der Waals surface area contributed by atoms with Gasteiger partial charge in [0.25, 0.3) is 0 Å². The lowest BCUT2D eigenvalue weighted by molar-refractivity contribution is 0.387. The summed E-state index contributed by atoms with van der Waals surface area (Å²) in [5.41, 5.74) is 1.08. The van der Waals surface area contributed by atoms with Crippen molar-refractivity contribution in [2.24, 2.45) is 0 Å². The highest BCUT2D eigenvalue weighted by Gasteiger charge is 2.01. The standard InChI is InChI=1S/C10H13N5O/c1-7-5-10(14-12-6-7)11-4-3-9-13-8(2)16-15-9/h5-6H,3-4H2,1-2H3,(H,11,14). The minimum absolute atomic E-state index is 0.588. The Morgan fingerprint density at radius 1 is 1.38 bits per heavy atom. The molecule has 0 aromatic carbocycles. The SMILES string of the molecule is Cc1cnnc(NCCc2noc(C)n2)c1. The molecule has 2 aromatic rings. The van der Waals surface area contributed by atoms with E-state index in [-0.39, 0.29) is 0 Å². The normalized spacial score (nSPS) is 10.4. The summed E-state index contributed by atoms with van der Waals surface area (Å²) in [5.74, 6) is 2.05. The molecule has 6 nitrogen and oxygen atoms in total. The zero-order valence-corrected chi connectivity index (χ0v) is 9.27. The molecule has 0 aliphatic rings. The van der Waals surface area contributed by atoms with E-state index < -0.39 is 0 Å². The van der Waals surface area contributed by atoms with Crippen molar-refractivity contribution in [1.29, 1.82) is 0 Å². The Labute approximate surface area is 93.1 Å². The summed E-state index contributed by atoms with van der Waals surface area (Å²) in [6.07, 6.45) is 2.42. The number of nitrogens with zero attached hydrogens (tertiary/aromatic N) is 4. The Bertz CT molecular complexity index is 468. The van der Waals surface area contributed by atoms with Gasteiger partial charge in [-0.25, -0.2) is 0 Å². The predicted molar refractivity (Wildman–Crippen MR) is 58.0 cm³/mol. The van der Waals surface area contributed by atoms with Gasteiger partial charge in [-0.15, -0.1) is 5.10 Å². The lowest BCUT2D eigenvalue weighted by Crippen LogP contribution is -2.07. The minimum atomic E-state index is 0.588. The summed E-state index contributed by atoms with van der Waals surface area (Å²) in [6.45, 7) is 4.45. The first-order chi connectivity index (χ1) is 7.74. The lowest BCUT2D eigenvalue weighted by Gasteiger charge is -2.02. The van der Waals surface area contributed by atoms with E-state index in [2.05, 4.69) is 25.7 Å². The fourth-order valence-electron chi connectivity index (χ4n) is 1.30. The Morgan fingerprint density at radius 2 is 2.25 bits per heavy atom. The van der Waals surface area contributed by atoms with Crippen LogP contribution in [0.4, 0.5) is 5.82 Å². The molecule has 84 valence electrons. The topological polar surface area (TPSA) is 76.7 Å². The van der Waals surface area contributed by atoms with Gasteiger partial charge < -0.3 is 9.84 Å². The second-order valence-corrected chi connectivity index (χ2v) is 3.52. The van der Waals surface area contributed by atoms with Crippen molar-refractivity contribution in [1.82, 2.24) is 20.3 Å². The highest BCUT2D eigenvalue weighted by atomic mass is 16.5. The number of anilines is 1. The van der Waals surface area contributed by atoms with Gasteiger partial charge >= 0.3 is 0 Å². The fourth-order valence-corrected chi connectivity index (χ4v) is 1.30. The van der Waals surface area contributed by atoms with Crippen LogP contribution in [-0.4, -0.2) is 26.9 Å². The van der Waals surface area contributed by atoms with Crippen molar-refractivity contribution in [3.05, 3.63) is 29.5 Å². The van der Waals surface area contributed by atoms with E-state index in [9.17, 15) is 0 Å². The summed E-state index contributed by atoms with van der Waals surface area (Å²) in [6, 6.07) is 1.94. The number of rotatable bonds is 4. The molecule has 2 aromatic heterocycles. The van der Waals surface area contributed by atoms with Crippen LogP contribution in [0.15, 0.2) is 16.8 Å². The van der Waals surface area contributed by atoms with Gasteiger partial charge in [-0.05, 0) is 18.6 Å². The average molecular weight is 219 g/mol. The Balaban J connectivity index is 1.84. The quantitative estimate of drug-likeness (QED) is 0.830. The average Bonchev–Trinajstić information content (AvgIpc) is 2.64. The maximum Gasteiger partial charge on any atom is 0.223 e. The van der Waals surface area contributed by atoms with Crippen LogP contribution in [0.3, 0.4) is 0 Å². The second-order valence-electron chi connectivity index (χ2n) is 3.52. The smallest absolute Gasteiger partial charge is 0.223 e. The Hall–Kier alpha value is -1.98. The molecule has 0 aliphatic carbocycles. The molecule has 16 heavy (non-hydrogen) atoms. The van der Waals surface area contributed by atoms with Gasteiger partial charge in [-0.3, -0.25) is 0 Å². The predicted octanol–water partition coefficient (Wildman–Crippen LogP) is 1.13. The van der Waals surface area contributed by atoms with Gasteiger partial charge in [-0.1, -0.05) is 5.16 Å². The van der Waals surface area contributed by atoms with E-state index in [0.717, 1.165) is 11.4 Å². The van der Waals surface area contributed by atoms with Crippen molar-refractivity contribution in [2.45, 2.75) is 20.3 Å². The van der Waals surface area contributed by atoms with Crippen LogP contribution in [0.1, 0.15) is 17.3 Å². The molecule has 0 saturated heterocycles. The van der Waals surface area contributed by atoms with Gasteiger partial charge in [-0.2, -0.15) is 10.1 Å². The highest BCUT2D eigenvalue weighted by molar-refractivity contribution is 5.34. The molecular weight excluding hydrogens is 206 g/mol. The maximum absolute atomic E-state index is 4.87. The van der Waals surface area contributed by atoms with Crippen LogP contribution < -0.4 is 5.32 Å². The first-order valence-electron chi connectivity index (χ1n) is 5.06. The van der Waals surface area contributed by atoms with Gasteiger partial charge in [0.2, 0.25) is 5.89 Å². The summed E-state index contributed by atoms with van der Waals surface area (Å²) in [5, 5.41) is 14.8. The van der Waals surface area contributed by atoms with Crippen molar-refractivity contribution < 1.29 is 4.52 Å². The van der Waals surface area contributed by atoms with E-state index in [4.69, 9.17) is 4.52 Å². The number of hydrogen-bond donors (Lipinski definition) is 1. The molecule has 0 unspecified atom stereocenters. The zero-order chi connectivity index (χ0) is 11.4. The van der Waals surface area contributed by atoms with Crippen molar-refractivity contribution in [2.75, 3.05) is 11.9 Å². The highest BCUT2D eigenvalue weighted by Crippen LogP contribution is 2.03. The summed E-state index contributed by atoms with van der Waals surface area (Å²) in [4.78, 5) is 4.11. The van der Waals surface area contributed by atoms with Crippen molar-refractivity contribution >= 4 is 5.82 Å². The van der Waals surface area contributed by atoms with Crippen LogP contribution in [0, 0.1) is 13.8 Å². The van der Waals surface area contributed by atoms with E-state index in [0.29, 0.717) is 24.7 Å². The Morgan fingerprint density at radius 3 is 2.94 bits per heavy atom. The van der Waals surface area contributed by atoms with Crippen LogP contribution in [0.2, 0.25) is 0 Å². The largest absolute Gasteiger partial charge is 0.368 e. The molecule has 0 saturated carbocycles. The third-order valence-corrected chi connectivity index (χ3v) is 2.02. The molecular formula is C10H13N5O. The molecule has 1 N–H and O–H groups in total. The van der Waals surface area contributed by atoms with Crippen LogP contribution in [0.5, 0.6) is 0 Å².